The van der Waals surface area contributed by atoms with Gasteiger partial charge in [0.15, 0.2) is 0 Å². The van der Waals surface area contributed by atoms with Gasteiger partial charge in [-0.2, -0.15) is 0 Å². The molecule has 7 nitrogen and oxygen atoms in total. The van der Waals surface area contributed by atoms with Crippen LogP contribution in [0, 0.1) is 0 Å². The largest absolute Gasteiger partial charge is 0.350 e. The van der Waals surface area contributed by atoms with Crippen LogP contribution in [-0.2, 0) is 9.59 Å². The summed E-state index contributed by atoms with van der Waals surface area (Å²) in [4.78, 5) is 46.9. The highest BCUT2D eigenvalue weighted by molar-refractivity contribution is 8.14. The number of hydrogen-bond acceptors (Lipinski definition) is 5. The molecule has 0 saturated carbocycles. The normalized spacial score (nSPS) is 14.1. The molecule has 0 aliphatic carbocycles. The van der Waals surface area contributed by atoms with Gasteiger partial charge < -0.3 is 10.6 Å². The lowest BCUT2D eigenvalue weighted by Crippen LogP contribution is -2.37. The van der Waals surface area contributed by atoms with Gasteiger partial charge in [-0.25, -0.2) is 0 Å². The minimum atomic E-state index is -0.334. The Morgan fingerprint density at radius 2 is 2.09 bits per heavy atom. The lowest BCUT2D eigenvalue weighted by Gasteiger charge is -2.13. The minimum Gasteiger partial charge on any atom is -0.350 e. The number of carbonyl (C=O) groups excluding carboxylic acids is 4. The Hall–Kier alpha value is -2.35. The highest BCUT2D eigenvalue weighted by Crippen LogP contribution is 2.17. The Kier molecular flexibility index (Phi) is 5.16. The first-order valence-electron chi connectivity index (χ1n) is 6.60. The molecular weight excluding hydrogens is 306 g/mol. The van der Waals surface area contributed by atoms with Gasteiger partial charge in [0.25, 0.3) is 11.1 Å². The second-order valence-electron chi connectivity index (χ2n) is 4.62. The van der Waals surface area contributed by atoms with E-state index in [9.17, 15) is 19.2 Å². The van der Waals surface area contributed by atoms with Crippen LogP contribution >= 0.6 is 11.8 Å². The summed E-state index contributed by atoms with van der Waals surface area (Å²) < 4.78 is 0. The summed E-state index contributed by atoms with van der Waals surface area (Å²) in [6.07, 6.45) is 0. The van der Waals surface area contributed by atoms with Crippen LogP contribution in [0.1, 0.15) is 17.3 Å². The van der Waals surface area contributed by atoms with E-state index in [1.165, 1.54) is 6.92 Å². The molecule has 1 aromatic carbocycles. The summed E-state index contributed by atoms with van der Waals surface area (Å²) >= 11 is 0.961. The molecule has 2 N–H and O–H groups in total. The second-order valence-corrected chi connectivity index (χ2v) is 5.54. The Balaban J connectivity index is 1.88. The van der Waals surface area contributed by atoms with Crippen molar-refractivity contribution in [1.82, 2.24) is 10.2 Å². The molecule has 22 heavy (non-hydrogen) atoms. The van der Waals surface area contributed by atoms with Crippen LogP contribution in [0.25, 0.3) is 0 Å². The van der Waals surface area contributed by atoms with Crippen molar-refractivity contribution in [3.63, 3.8) is 0 Å². The van der Waals surface area contributed by atoms with E-state index in [2.05, 4.69) is 10.6 Å². The third kappa shape index (κ3) is 4.08. The third-order valence-electron chi connectivity index (χ3n) is 2.91. The highest BCUT2D eigenvalue weighted by atomic mass is 32.2. The van der Waals surface area contributed by atoms with Gasteiger partial charge >= 0.3 is 0 Å². The summed E-state index contributed by atoms with van der Waals surface area (Å²) in [5.41, 5.74) is 0.918. The van der Waals surface area contributed by atoms with Crippen molar-refractivity contribution in [3.05, 3.63) is 29.8 Å². The minimum absolute atomic E-state index is 0.155. The van der Waals surface area contributed by atoms with E-state index in [1.54, 1.807) is 24.3 Å². The number of nitrogens with zero attached hydrogens (tertiary/aromatic N) is 1. The standard InChI is InChI=1S/C14H15N3O4S/c1-9(18)16-11-4-2-3-10(7-11)13(20)15-5-6-17-12(19)8-22-14(17)21/h2-4,7H,5-6,8H2,1H3,(H,15,20)(H,16,18). The smallest absolute Gasteiger partial charge is 0.288 e. The molecule has 0 atom stereocenters. The highest BCUT2D eigenvalue weighted by Gasteiger charge is 2.29. The van der Waals surface area contributed by atoms with Crippen molar-refractivity contribution in [2.45, 2.75) is 6.92 Å². The van der Waals surface area contributed by atoms with Crippen molar-refractivity contribution in [3.8, 4) is 0 Å². The lowest BCUT2D eigenvalue weighted by molar-refractivity contribution is -0.124. The Labute approximate surface area is 131 Å². The summed E-state index contributed by atoms with van der Waals surface area (Å²) in [7, 11) is 0. The summed E-state index contributed by atoms with van der Waals surface area (Å²) in [5.74, 6) is -0.636. The lowest BCUT2D eigenvalue weighted by atomic mass is 10.2. The molecular formula is C14H15N3O4S. The zero-order chi connectivity index (χ0) is 16.1. The zero-order valence-corrected chi connectivity index (χ0v) is 12.7. The molecule has 0 aromatic heterocycles. The SMILES string of the molecule is CC(=O)Nc1cccc(C(=O)NCCN2C(=O)CSC2=O)c1. The van der Waals surface area contributed by atoms with Crippen LogP contribution in [0.3, 0.4) is 0 Å². The first kappa shape index (κ1) is 16.0. The van der Waals surface area contributed by atoms with Crippen molar-refractivity contribution in [2.75, 3.05) is 24.2 Å². The number of benzene rings is 1. The van der Waals surface area contributed by atoms with Gasteiger partial charge in [0.1, 0.15) is 0 Å². The molecule has 1 saturated heterocycles. The van der Waals surface area contributed by atoms with E-state index in [4.69, 9.17) is 0 Å². The number of carbonyl (C=O) groups is 4. The molecule has 1 aromatic rings. The Bertz CT molecular complexity index is 616. The molecule has 4 amide bonds. The van der Waals surface area contributed by atoms with Crippen molar-refractivity contribution in [1.29, 1.82) is 0 Å². The second kappa shape index (κ2) is 7.08. The van der Waals surface area contributed by atoms with Crippen molar-refractivity contribution >= 4 is 40.4 Å². The van der Waals surface area contributed by atoms with Gasteiger partial charge in [-0.15, -0.1) is 0 Å². The average Bonchev–Trinajstić information content (AvgIpc) is 2.78. The number of thioether (sulfide) groups is 1. The van der Waals surface area contributed by atoms with Gasteiger partial charge in [-0.1, -0.05) is 17.8 Å². The summed E-state index contributed by atoms with van der Waals surface area (Å²) in [5, 5.41) is 4.95. The van der Waals surface area contributed by atoms with Gasteiger partial charge in [0.2, 0.25) is 11.8 Å². The molecule has 1 aliphatic heterocycles. The number of nitrogens with one attached hydrogen (secondary N) is 2. The number of imide groups is 1. The van der Waals surface area contributed by atoms with Gasteiger partial charge in [-0.05, 0) is 18.2 Å². The molecule has 0 spiro atoms. The molecule has 1 heterocycles. The molecule has 0 radical (unpaired) electrons. The maximum absolute atomic E-state index is 12.0. The fourth-order valence-corrected chi connectivity index (χ4v) is 2.67. The maximum atomic E-state index is 12.0. The number of hydrogen-bond donors (Lipinski definition) is 2. The fraction of sp³-hybridized carbons (Fsp3) is 0.286. The first-order chi connectivity index (χ1) is 10.5. The van der Waals surface area contributed by atoms with Crippen LogP contribution in [0.4, 0.5) is 10.5 Å². The predicted molar refractivity (Wildman–Crippen MR) is 82.6 cm³/mol. The van der Waals surface area contributed by atoms with E-state index >= 15 is 0 Å². The number of anilines is 1. The number of amides is 4. The summed E-state index contributed by atoms with van der Waals surface area (Å²) in [6, 6.07) is 6.50. The fourth-order valence-electron chi connectivity index (χ4n) is 1.92. The van der Waals surface area contributed by atoms with Crippen molar-refractivity contribution < 1.29 is 19.2 Å². The van der Waals surface area contributed by atoms with Gasteiger partial charge in [-0.3, -0.25) is 24.1 Å². The Morgan fingerprint density at radius 3 is 2.73 bits per heavy atom. The molecule has 0 unspecified atom stereocenters. The van der Waals surface area contributed by atoms with E-state index in [0.717, 1.165) is 16.7 Å². The monoisotopic (exact) mass is 321 g/mol. The molecule has 116 valence electrons. The van der Waals surface area contributed by atoms with Crippen LogP contribution < -0.4 is 10.6 Å². The molecule has 1 aliphatic rings. The molecule has 8 heteroatoms. The van der Waals surface area contributed by atoms with Crippen LogP contribution in [0.5, 0.6) is 0 Å². The zero-order valence-electron chi connectivity index (χ0n) is 11.9. The molecule has 2 rings (SSSR count). The van der Waals surface area contributed by atoms with Crippen LogP contribution in [-0.4, -0.2) is 46.7 Å². The van der Waals surface area contributed by atoms with E-state index < -0.39 is 0 Å². The quantitative estimate of drug-likeness (QED) is 0.846. The third-order valence-corrected chi connectivity index (χ3v) is 3.77. The van der Waals surface area contributed by atoms with E-state index in [0.29, 0.717) is 11.3 Å². The van der Waals surface area contributed by atoms with Crippen LogP contribution in [0.2, 0.25) is 0 Å². The summed E-state index contributed by atoms with van der Waals surface area (Å²) in [6.45, 7) is 1.72. The van der Waals surface area contributed by atoms with E-state index in [-0.39, 0.29) is 41.8 Å². The Morgan fingerprint density at radius 1 is 1.32 bits per heavy atom. The molecule has 1 fully saturated rings. The molecule has 0 bridgehead atoms. The number of rotatable bonds is 5. The average molecular weight is 321 g/mol. The first-order valence-corrected chi connectivity index (χ1v) is 7.59. The maximum Gasteiger partial charge on any atom is 0.288 e. The van der Waals surface area contributed by atoms with Gasteiger partial charge in [0.05, 0.1) is 5.75 Å². The predicted octanol–water partition coefficient (Wildman–Crippen LogP) is 1.07. The van der Waals surface area contributed by atoms with Crippen molar-refractivity contribution in [2.24, 2.45) is 0 Å². The van der Waals surface area contributed by atoms with Gasteiger partial charge in [0, 0.05) is 31.3 Å². The van der Waals surface area contributed by atoms with Crippen LogP contribution in [0.15, 0.2) is 24.3 Å². The topological polar surface area (TPSA) is 95.6 Å². The van der Waals surface area contributed by atoms with E-state index in [1.807, 2.05) is 0 Å².